The summed E-state index contributed by atoms with van der Waals surface area (Å²) in [6.45, 7) is 0.906. The Bertz CT molecular complexity index is 1090. The van der Waals surface area contributed by atoms with Crippen LogP contribution in [-0.4, -0.2) is 12.5 Å². The fourth-order valence-electron chi connectivity index (χ4n) is 3.37. The number of hydrogen-bond donors (Lipinski definition) is 2. The van der Waals surface area contributed by atoms with Gasteiger partial charge in [0.15, 0.2) is 0 Å². The van der Waals surface area contributed by atoms with Crippen LogP contribution in [0.15, 0.2) is 83.3 Å². The van der Waals surface area contributed by atoms with E-state index in [-0.39, 0.29) is 5.91 Å². The fraction of sp³-hybridized carbons (Fsp3) is 0.0800. The molecule has 3 aromatic rings. The summed E-state index contributed by atoms with van der Waals surface area (Å²) in [7, 11) is 0. The number of rotatable bonds is 5. The molecule has 0 bridgehead atoms. The summed E-state index contributed by atoms with van der Waals surface area (Å²) < 4.78 is 1.05. The summed E-state index contributed by atoms with van der Waals surface area (Å²) in [6.07, 6.45) is 7.34. The first-order chi connectivity index (χ1) is 14.2. The Kier molecular flexibility index (Phi) is 5.92. The van der Waals surface area contributed by atoms with Crippen molar-refractivity contribution in [2.45, 2.75) is 6.42 Å². The summed E-state index contributed by atoms with van der Waals surface area (Å²) in [5, 5.41) is 6.53. The van der Waals surface area contributed by atoms with Crippen molar-refractivity contribution in [3.63, 3.8) is 0 Å². The topological polar surface area (TPSA) is 41.1 Å². The second kappa shape index (κ2) is 8.93. The minimum atomic E-state index is -0.114. The molecule has 1 aliphatic heterocycles. The van der Waals surface area contributed by atoms with E-state index < -0.39 is 0 Å². The number of carbonyl (C=O) groups is 1. The van der Waals surface area contributed by atoms with Crippen LogP contribution in [0.4, 0.5) is 5.69 Å². The van der Waals surface area contributed by atoms with Crippen LogP contribution in [0.25, 0.3) is 17.8 Å². The highest BCUT2D eigenvalue weighted by Gasteiger charge is 2.16. The standard InChI is InChI=1S/C25H21BrN2O/c26-21-12-5-4-8-18(21)15-16-19-11-6-13-23(24(19)22-14-7-17-27-22)28-25(29)20-9-2-1-3-10-20/h1-6,8-16,27H,7,17H2,(H,28,29)/b16-15+. The molecule has 4 rings (SSSR count). The number of anilines is 1. The van der Waals surface area contributed by atoms with E-state index in [0.29, 0.717) is 5.56 Å². The van der Waals surface area contributed by atoms with Gasteiger partial charge >= 0.3 is 0 Å². The maximum atomic E-state index is 12.7. The number of benzene rings is 3. The van der Waals surface area contributed by atoms with Crippen molar-refractivity contribution >= 4 is 45.4 Å². The predicted molar refractivity (Wildman–Crippen MR) is 125 cm³/mol. The second-order valence-corrected chi connectivity index (χ2v) is 7.63. The van der Waals surface area contributed by atoms with Crippen LogP contribution in [0.5, 0.6) is 0 Å². The summed E-state index contributed by atoms with van der Waals surface area (Å²) in [5.74, 6) is -0.114. The van der Waals surface area contributed by atoms with Gasteiger partial charge in [-0.2, -0.15) is 0 Å². The Morgan fingerprint density at radius 2 is 1.62 bits per heavy atom. The van der Waals surface area contributed by atoms with Gasteiger partial charge in [-0.05, 0) is 41.8 Å². The zero-order valence-electron chi connectivity index (χ0n) is 15.9. The van der Waals surface area contributed by atoms with Gasteiger partial charge in [-0.1, -0.05) is 82.7 Å². The number of amides is 1. The van der Waals surface area contributed by atoms with Gasteiger partial charge in [0.25, 0.3) is 5.91 Å². The second-order valence-electron chi connectivity index (χ2n) is 6.78. The van der Waals surface area contributed by atoms with E-state index in [1.807, 2.05) is 60.7 Å². The van der Waals surface area contributed by atoms with E-state index in [1.165, 1.54) is 0 Å². The minimum Gasteiger partial charge on any atom is -0.384 e. The summed E-state index contributed by atoms with van der Waals surface area (Å²) in [6, 6.07) is 23.4. The van der Waals surface area contributed by atoms with Crippen molar-refractivity contribution in [1.29, 1.82) is 0 Å². The van der Waals surface area contributed by atoms with Crippen molar-refractivity contribution in [3.05, 3.63) is 106 Å². The molecule has 144 valence electrons. The Balaban J connectivity index is 1.71. The summed E-state index contributed by atoms with van der Waals surface area (Å²) in [4.78, 5) is 12.7. The van der Waals surface area contributed by atoms with Crippen LogP contribution in [0.3, 0.4) is 0 Å². The van der Waals surface area contributed by atoms with Crippen molar-refractivity contribution in [2.24, 2.45) is 0 Å². The third-order valence-corrected chi connectivity index (χ3v) is 5.53. The lowest BCUT2D eigenvalue weighted by Gasteiger charge is -2.16. The molecule has 0 fully saturated rings. The zero-order chi connectivity index (χ0) is 20.1. The molecule has 1 amide bonds. The van der Waals surface area contributed by atoms with Crippen molar-refractivity contribution < 1.29 is 4.79 Å². The van der Waals surface area contributed by atoms with E-state index in [4.69, 9.17) is 0 Å². The van der Waals surface area contributed by atoms with Crippen LogP contribution in [0, 0.1) is 0 Å². The first kappa shape index (κ1) is 19.2. The molecule has 0 spiro atoms. The molecular formula is C25H21BrN2O. The number of carbonyl (C=O) groups excluding carboxylic acids is 1. The highest BCUT2D eigenvalue weighted by molar-refractivity contribution is 9.10. The maximum Gasteiger partial charge on any atom is 0.255 e. The number of halogens is 1. The number of nitrogens with one attached hydrogen (secondary N) is 2. The van der Waals surface area contributed by atoms with E-state index in [1.54, 1.807) is 0 Å². The highest BCUT2D eigenvalue weighted by atomic mass is 79.9. The molecule has 0 aromatic heterocycles. The van der Waals surface area contributed by atoms with Crippen molar-refractivity contribution in [3.8, 4) is 0 Å². The van der Waals surface area contributed by atoms with Gasteiger partial charge in [-0.3, -0.25) is 4.79 Å². The molecule has 0 saturated heterocycles. The first-order valence-corrected chi connectivity index (χ1v) is 10.4. The Morgan fingerprint density at radius 3 is 2.38 bits per heavy atom. The minimum absolute atomic E-state index is 0.114. The summed E-state index contributed by atoms with van der Waals surface area (Å²) in [5.41, 5.74) is 5.66. The van der Waals surface area contributed by atoms with Gasteiger partial charge in [0, 0.05) is 27.8 Å². The quantitative estimate of drug-likeness (QED) is 0.459. The molecule has 3 aromatic carbocycles. The van der Waals surface area contributed by atoms with E-state index in [9.17, 15) is 4.79 Å². The van der Waals surface area contributed by atoms with E-state index >= 15 is 0 Å². The maximum absolute atomic E-state index is 12.7. The fourth-order valence-corrected chi connectivity index (χ4v) is 3.79. The first-order valence-electron chi connectivity index (χ1n) is 9.59. The Labute approximate surface area is 179 Å². The van der Waals surface area contributed by atoms with Crippen LogP contribution in [-0.2, 0) is 0 Å². The third kappa shape index (κ3) is 4.49. The molecular weight excluding hydrogens is 424 g/mol. The monoisotopic (exact) mass is 444 g/mol. The Hall–Kier alpha value is -3.11. The lowest BCUT2D eigenvalue weighted by atomic mass is 10.0. The molecule has 2 N–H and O–H groups in total. The van der Waals surface area contributed by atoms with E-state index in [0.717, 1.165) is 45.5 Å². The molecule has 1 aliphatic rings. The average Bonchev–Trinajstić information content (AvgIpc) is 3.28. The van der Waals surface area contributed by atoms with E-state index in [2.05, 4.69) is 56.9 Å². The van der Waals surface area contributed by atoms with Gasteiger partial charge < -0.3 is 10.6 Å². The average molecular weight is 445 g/mol. The van der Waals surface area contributed by atoms with Gasteiger partial charge in [0.2, 0.25) is 0 Å². The molecule has 1 heterocycles. The van der Waals surface area contributed by atoms with Crippen LogP contribution in [0.1, 0.15) is 33.5 Å². The van der Waals surface area contributed by atoms with Gasteiger partial charge in [-0.25, -0.2) is 0 Å². The molecule has 29 heavy (non-hydrogen) atoms. The molecule has 0 unspecified atom stereocenters. The Morgan fingerprint density at radius 1 is 0.897 bits per heavy atom. The largest absolute Gasteiger partial charge is 0.384 e. The lowest BCUT2D eigenvalue weighted by molar-refractivity contribution is 0.102. The molecule has 0 radical (unpaired) electrons. The third-order valence-electron chi connectivity index (χ3n) is 4.81. The van der Waals surface area contributed by atoms with Crippen LogP contribution < -0.4 is 10.6 Å². The smallest absolute Gasteiger partial charge is 0.255 e. The zero-order valence-corrected chi connectivity index (χ0v) is 17.4. The molecule has 0 saturated carbocycles. The molecule has 3 nitrogen and oxygen atoms in total. The summed E-state index contributed by atoms with van der Waals surface area (Å²) >= 11 is 3.60. The van der Waals surface area contributed by atoms with Gasteiger partial charge in [0.1, 0.15) is 0 Å². The van der Waals surface area contributed by atoms with Crippen LogP contribution >= 0.6 is 15.9 Å². The number of hydrogen-bond acceptors (Lipinski definition) is 2. The highest BCUT2D eigenvalue weighted by Crippen LogP contribution is 2.31. The van der Waals surface area contributed by atoms with Gasteiger partial charge in [-0.15, -0.1) is 0 Å². The van der Waals surface area contributed by atoms with Crippen molar-refractivity contribution in [1.82, 2.24) is 5.32 Å². The predicted octanol–water partition coefficient (Wildman–Crippen LogP) is 6.21. The molecule has 0 atom stereocenters. The lowest BCUT2D eigenvalue weighted by Crippen LogP contribution is -2.15. The molecule has 0 aliphatic carbocycles. The normalized spacial score (nSPS) is 13.2. The van der Waals surface area contributed by atoms with Gasteiger partial charge in [0.05, 0.1) is 5.69 Å². The molecule has 4 heteroatoms. The van der Waals surface area contributed by atoms with Crippen molar-refractivity contribution in [2.75, 3.05) is 11.9 Å². The SMILES string of the molecule is O=C(Nc1cccc(/C=C/c2ccccc2Br)c1C1=CCCN1)c1ccccc1. The van der Waals surface area contributed by atoms with Crippen LogP contribution in [0.2, 0.25) is 0 Å².